The number of hydrogen-bond donors (Lipinski definition) is 2. The van der Waals surface area contributed by atoms with Crippen LogP contribution in [0.3, 0.4) is 0 Å². The first-order valence-electron chi connectivity index (χ1n) is 8.35. The molecule has 7 nitrogen and oxygen atoms in total. The molecule has 0 aliphatic carbocycles. The minimum absolute atomic E-state index is 0.0172. The third kappa shape index (κ3) is 5.88. The average Bonchev–Trinajstić information content (AvgIpc) is 2.62. The summed E-state index contributed by atoms with van der Waals surface area (Å²) >= 11 is 3.35. The van der Waals surface area contributed by atoms with E-state index in [9.17, 15) is 18.0 Å². The first kappa shape index (κ1) is 22.1. The number of rotatable bonds is 7. The second-order valence-corrected chi connectivity index (χ2v) is 8.77. The largest absolute Gasteiger partial charge is 0.469 e. The minimum Gasteiger partial charge on any atom is -0.469 e. The smallest absolute Gasteiger partial charge is 0.307 e. The van der Waals surface area contributed by atoms with Gasteiger partial charge < -0.3 is 10.1 Å². The average molecular weight is 469 g/mol. The molecule has 1 amide bonds. The molecule has 0 aliphatic rings. The van der Waals surface area contributed by atoms with Crippen LogP contribution in [0.15, 0.2) is 51.8 Å². The van der Waals surface area contributed by atoms with E-state index in [1.54, 1.807) is 43.3 Å². The third-order valence-corrected chi connectivity index (χ3v) is 6.05. The van der Waals surface area contributed by atoms with Crippen molar-refractivity contribution in [3.05, 3.63) is 58.1 Å². The molecule has 28 heavy (non-hydrogen) atoms. The Morgan fingerprint density at radius 1 is 1.18 bits per heavy atom. The number of amides is 1. The molecule has 0 aromatic heterocycles. The second kappa shape index (κ2) is 9.31. The number of carbonyl (C=O) groups is 2. The summed E-state index contributed by atoms with van der Waals surface area (Å²) in [6.45, 7) is 2.99. The van der Waals surface area contributed by atoms with Crippen molar-refractivity contribution in [3.8, 4) is 0 Å². The van der Waals surface area contributed by atoms with Crippen LogP contribution in [0.4, 0.5) is 5.69 Å². The fourth-order valence-electron chi connectivity index (χ4n) is 2.62. The van der Waals surface area contributed by atoms with Gasteiger partial charge in [-0.2, -0.15) is 0 Å². The van der Waals surface area contributed by atoms with Gasteiger partial charge in [-0.3, -0.25) is 9.59 Å². The minimum atomic E-state index is -3.99. The summed E-state index contributed by atoms with van der Waals surface area (Å²) in [5.74, 6) is -0.853. The predicted molar refractivity (Wildman–Crippen MR) is 109 cm³/mol. The number of hydrogen-bond acceptors (Lipinski definition) is 5. The zero-order valence-electron chi connectivity index (χ0n) is 15.7. The van der Waals surface area contributed by atoms with Crippen LogP contribution in [0, 0.1) is 6.92 Å². The van der Waals surface area contributed by atoms with E-state index < -0.39 is 22.0 Å². The number of anilines is 1. The Labute approximate surface area is 172 Å². The molecule has 0 aliphatic heterocycles. The fraction of sp³-hybridized carbons (Fsp3) is 0.263. The zero-order valence-corrected chi connectivity index (χ0v) is 18.1. The second-order valence-electron chi connectivity index (χ2n) is 6.17. The molecule has 0 radical (unpaired) electrons. The molecule has 0 bridgehead atoms. The Morgan fingerprint density at radius 3 is 2.50 bits per heavy atom. The molecule has 150 valence electrons. The highest BCUT2D eigenvalue weighted by atomic mass is 79.9. The molecule has 0 spiro atoms. The summed E-state index contributed by atoms with van der Waals surface area (Å²) in [4.78, 5) is 23.1. The maximum Gasteiger partial charge on any atom is 0.307 e. The van der Waals surface area contributed by atoms with E-state index in [4.69, 9.17) is 4.74 Å². The van der Waals surface area contributed by atoms with Crippen molar-refractivity contribution in [1.82, 2.24) is 4.72 Å². The first-order valence-corrected chi connectivity index (χ1v) is 10.6. The molecule has 0 saturated carbocycles. The number of benzene rings is 2. The molecule has 2 aromatic carbocycles. The van der Waals surface area contributed by atoms with Gasteiger partial charge in [0, 0.05) is 17.1 Å². The Morgan fingerprint density at radius 2 is 1.89 bits per heavy atom. The van der Waals surface area contributed by atoms with Crippen LogP contribution in [0.2, 0.25) is 0 Å². The number of nitrogens with one attached hydrogen (secondary N) is 2. The van der Waals surface area contributed by atoms with E-state index in [1.807, 2.05) is 0 Å². The molecule has 2 N–H and O–H groups in total. The van der Waals surface area contributed by atoms with Crippen molar-refractivity contribution < 1.29 is 22.7 Å². The van der Waals surface area contributed by atoms with Gasteiger partial charge in [-0.15, -0.1) is 0 Å². The molecular weight excluding hydrogens is 448 g/mol. The van der Waals surface area contributed by atoms with E-state index >= 15 is 0 Å². The van der Waals surface area contributed by atoms with Crippen molar-refractivity contribution in [2.45, 2.75) is 31.2 Å². The van der Waals surface area contributed by atoms with E-state index in [-0.39, 0.29) is 17.2 Å². The first-order chi connectivity index (χ1) is 13.1. The highest BCUT2D eigenvalue weighted by Crippen LogP contribution is 2.26. The van der Waals surface area contributed by atoms with Crippen molar-refractivity contribution in [1.29, 1.82) is 0 Å². The highest BCUT2D eigenvalue weighted by Gasteiger charge is 2.26. The molecule has 0 saturated heterocycles. The van der Waals surface area contributed by atoms with E-state index in [1.165, 1.54) is 20.1 Å². The van der Waals surface area contributed by atoms with Gasteiger partial charge in [-0.1, -0.05) is 34.1 Å². The van der Waals surface area contributed by atoms with Crippen LogP contribution >= 0.6 is 15.9 Å². The number of carbonyl (C=O) groups excluding carboxylic acids is 2. The topological polar surface area (TPSA) is 102 Å². The number of methoxy groups -OCH3 is 1. The Hall–Kier alpha value is -2.23. The summed E-state index contributed by atoms with van der Waals surface area (Å²) < 4.78 is 34.1. The van der Waals surface area contributed by atoms with Crippen LogP contribution in [0.5, 0.6) is 0 Å². The van der Waals surface area contributed by atoms with Gasteiger partial charge in [0.1, 0.15) is 0 Å². The van der Waals surface area contributed by atoms with Gasteiger partial charge >= 0.3 is 5.97 Å². The maximum absolute atomic E-state index is 13.0. The molecule has 2 aromatic rings. The lowest BCUT2D eigenvalue weighted by molar-refractivity contribution is -0.141. The van der Waals surface area contributed by atoms with Crippen molar-refractivity contribution in [2.75, 3.05) is 12.4 Å². The molecule has 0 heterocycles. The lowest BCUT2D eigenvalue weighted by Gasteiger charge is -2.20. The van der Waals surface area contributed by atoms with E-state index in [0.717, 1.165) is 4.47 Å². The summed E-state index contributed by atoms with van der Waals surface area (Å²) in [6.07, 6.45) is -0.170. The van der Waals surface area contributed by atoms with Crippen LogP contribution in [0.25, 0.3) is 0 Å². The number of halogens is 1. The summed E-state index contributed by atoms with van der Waals surface area (Å²) in [6, 6.07) is 10.8. The zero-order chi connectivity index (χ0) is 20.9. The van der Waals surface area contributed by atoms with Gasteiger partial charge in [0.05, 0.1) is 24.5 Å². The van der Waals surface area contributed by atoms with Crippen molar-refractivity contribution in [3.63, 3.8) is 0 Å². The van der Waals surface area contributed by atoms with Gasteiger partial charge in [0.25, 0.3) is 0 Å². The van der Waals surface area contributed by atoms with E-state index in [2.05, 4.69) is 26.0 Å². The van der Waals surface area contributed by atoms with Gasteiger partial charge in [0.15, 0.2) is 0 Å². The summed E-state index contributed by atoms with van der Waals surface area (Å²) in [5.41, 5.74) is 1.48. The quantitative estimate of drug-likeness (QED) is 0.606. The standard InChI is InChI=1S/C19H21BrN2O5S/c1-12-7-8-16(21-13(2)23)10-18(12)28(25,26)22-17(11-19(24)27-3)14-5-4-6-15(20)9-14/h4-10,17,22H,11H2,1-3H3,(H,21,23). The van der Waals surface area contributed by atoms with Gasteiger partial charge in [-0.05, 0) is 42.3 Å². The number of aryl methyl sites for hydroxylation is 1. The van der Waals surface area contributed by atoms with Crippen LogP contribution < -0.4 is 10.0 Å². The number of sulfonamides is 1. The predicted octanol–water partition coefficient (Wildman–Crippen LogP) is 3.30. The third-order valence-electron chi connectivity index (χ3n) is 3.94. The lowest BCUT2D eigenvalue weighted by atomic mass is 10.1. The van der Waals surface area contributed by atoms with Gasteiger partial charge in [0.2, 0.25) is 15.9 Å². The number of esters is 1. The molecule has 1 unspecified atom stereocenters. The summed E-state index contributed by atoms with van der Waals surface area (Å²) in [5, 5.41) is 2.57. The fourth-order valence-corrected chi connectivity index (χ4v) is 4.53. The maximum atomic E-state index is 13.0. The molecular formula is C19H21BrN2O5S. The van der Waals surface area contributed by atoms with Crippen molar-refractivity contribution in [2.24, 2.45) is 0 Å². The summed E-state index contributed by atoms with van der Waals surface area (Å²) in [7, 11) is -2.74. The molecule has 0 fully saturated rings. The molecule has 1 atom stereocenters. The molecule has 2 rings (SSSR count). The van der Waals surface area contributed by atoms with Gasteiger partial charge in [-0.25, -0.2) is 13.1 Å². The SMILES string of the molecule is COC(=O)CC(NS(=O)(=O)c1cc(NC(C)=O)ccc1C)c1cccc(Br)c1. The van der Waals surface area contributed by atoms with Crippen molar-refractivity contribution >= 4 is 43.5 Å². The van der Waals surface area contributed by atoms with Crippen LogP contribution in [0.1, 0.15) is 30.5 Å². The van der Waals surface area contributed by atoms with Crippen LogP contribution in [-0.4, -0.2) is 27.4 Å². The lowest BCUT2D eigenvalue weighted by Crippen LogP contribution is -2.31. The highest BCUT2D eigenvalue weighted by molar-refractivity contribution is 9.10. The Kier molecular flexibility index (Phi) is 7.34. The number of ether oxygens (including phenoxy) is 1. The van der Waals surface area contributed by atoms with Crippen LogP contribution in [-0.2, 0) is 24.3 Å². The Bertz CT molecular complexity index is 992. The normalized spacial score (nSPS) is 12.3. The monoisotopic (exact) mass is 468 g/mol. The molecule has 9 heteroatoms. The Balaban J connectivity index is 2.42. The van der Waals surface area contributed by atoms with E-state index in [0.29, 0.717) is 16.8 Å².